The molecular weight excluding hydrogens is 194 g/mol. The van der Waals surface area contributed by atoms with Crippen LogP contribution in [0.3, 0.4) is 0 Å². The van der Waals surface area contributed by atoms with Crippen LogP contribution in [0.2, 0.25) is 0 Å². The largest absolute Gasteiger partial charge is 0.378 e. The van der Waals surface area contributed by atoms with Crippen LogP contribution >= 0.6 is 0 Å². The van der Waals surface area contributed by atoms with Crippen LogP contribution < -0.4 is 5.32 Å². The molecule has 0 amide bonds. The lowest BCUT2D eigenvalue weighted by molar-refractivity contribution is -0.00634. The molecule has 1 N–H and O–H groups in total. The molecule has 0 bridgehead atoms. The first-order valence-corrected chi connectivity index (χ1v) is 5.10. The van der Waals surface area contributed by atoms with Crippen LogP contribution in [0.15, 0.2) is 12.4 Å². The van der Waals surface area contributed by atoms with E-state index in [-0.39, 0.29) is 5.60 Å². The lowest BCUT2D eigenvalue weighted by Gasteiger charge is -2.26. The Morgan fingerprint density at radius 3 is 3.13 bits per heavy atom. The van der Waals surface area contributed by atoms with Gasteiger partial charge < -0.3 is 19.4 Å². The van der Waals surface area contributed by atoms with Gasteiger partial charge in [-0.25, -0.2) is 4.98 Å². The quantitative estimate of drug-likeness (QED) is 0.794. The zero-order valence-electron chi connectivity index (χ0n) is 9.19. The molecular formula is C10H17N3O2. The molecule has 1 saturated heterocycles. The molecule has 0 radical (unpaired) electrons. The summed E-state index contributed by atoms with van der Waals surface area (Å²) < 4.78 is 12.8. The summed E-state index contributed by atoms with van der Waals surface area (Å²) in [6.07, 6.45) is 4.61. The molecule has 15 heavy (non-hydrogen) atoms. The molecule has 1 atom stereocenters. The highest BCUT2D eigenvalue weighted by atomic mass is 16.5. The Labute approximate surface area is 89.4 Å². The number of nitrogens with one attached hydrogen (secondary N) is 1. The zero-order valence-corrected chi connectivity index (χ0v) is 9.19. The van der Waals surface area contributed by atoms with Crippen molar-refractivity contribution in [2.75, 3.05) is 32.2 Å². The molecule has 2 heterocycles. The number of hydrogen-bond donors (Lipinski definition) is 1. The van der Waals surface area contributed by atoms with E-state index in [1.807, 2.05) is 17.8 Å². The summed E-state index contributed by atoms with van der Waals surface area (Å²) in [6.45, 7) is 2.16. The Bertz CT molecular complexity index is 318. The summed E-state index contributed by atoms with van der Waals surface area (Å²) in [5, 5.41) is 3.27. The van der Waals surface area contributed by atoms with Crippen LogP contribution in [-0.2, 0) is 16.5 Å². The van der Waals surface area contributed by atoms with Gasteiger partial charge in [-0.3, -0.25) is 0 Å². The lowest BCUT2D eigenvalue weighted by Crippen LogP contribution is -2.40. The van der Waals surface area contributed by atoms with E-state index in [1.165, 1.54) is 0 Å². The summed E-state index contributed by atoms with van der Waals surface area (Å²) in [6, 6.07) is 0. The van der Waals surface area contributed by atoms with Crippen molar-refractivity contribution in [2.24, 2.45) is 7.05 Å². The van der Waals surface area contributed by atoms with Gasteiger partial charge in [0.1, 0.15) is 5.60 Å². The van der Waals surface area contributed by atoms with Crippen LogP contribution in [-0.4, -0.2) is 42.0 Å². The van der Waals surface area contributed by atoms with E-state index in [2.05, 4.69) is 10.3 Å². The molecule has 0 aromatic carbocycles. The van der Waals surface area contributed by atoms with Gasteiger partial charge in [0, 0.05) is 46.1 Å². The molecule has 1 aliphatic rings. The van der Waals surface area contributed by atoms with Gasteiger partial charge in [0.25, 0.3) is 0 Å². The van der Waals surface area contributed by atoms with Gasteiger partial charge in [-0.05, 0) is 0 Å². The van der Waals surface area contributed by atoms with Crippen LogP contribution in [0.4, 0.5) is 5.95 Å². The van der Waals surface area contributed by atoms with Crippen molar-refractivity contribution in [3.8, 4) is 0 Å². The van der Waals surface area contributed by atoms with E-state index in [9.17, 15) is 0 Å². The Morgan fingerprint density at radius 2 is 2.60 bits per heavy atom. The number of imidazole rings is 1. The molecule has 1 aliphatic heterocycles. The van der Waals surface area contributed by atoms with Crippen LogP contribution in [0, 0.1) is 0 Å². The number of ether oxygens (including phenoxy) is 2. The van der Waals surface area contributed by atoms with E-state index in [0.717, 1.165) is 25.5 Å². The molecule has 5 nitrogen and oxygen atoms in total. The van der Waals surface area contributed by atoms with E-state index in [0.29, 0.717) is 6.61 Å². The lowest BCUT2D eigenvalue weighted by atomic mass is 10.0. The van der Waals surface area contributed by atoms with Gasteiger partial charge in [-0.15, -0.1) is 0 Å². The second-order valence-electron chi connectivity index (χ2n) is 3.91. The number of methoxy groups -OCH3 is 1. The molecule has 0 saturated carbocycles. The molecule has 0 spiro atoms. The molecule has 5 heteroatoms. The second-order valence-corrected chi connectivity index (χ2v) is 3.91. The van der Waals surface area contributed by atoms with Crippen molar-refractivity contribution in [2.45, 2.75) is 12.0 Å². The minimum Gasteiger partial charge on any atom is -0.378 e. The number of hydrogen-bond acceptors (Lipinski definition) is 4. The third kappa shape index (κ3) is 2.13. The maximum atomic E-state index is 5.51. The zero-order chi connectivity index (χ0) is 10.7. The fourth-order valence-corrected chi connectivity index (χ4v) is 1.74. The van der Waals surface area contributed by atoms with Gasteiger partial charge in [-0.2, -0.15) is 0 Å². The fraction of sp³-hybridized carbons (Fsp3) is 0.700. The first-order valence-electron chi connectivity index (χ1n) is 5.10. The minimum absolute atomic E-state index is 0.189. The smallest absolute Gasteiger partial charge is 0.202 e. The van der Waals surface area contributed by atoms with Crippen molar-refractivity contribution < 1.29 is 9.47 Å². The first kappa shape index (κ1) is 10.4. The van der Waals surface area contributed by atoms with Crippen molar-refractivity contribution in [3.05, 3.63) is 12.4 Å². The average Bonchev–Trinajstić information content (AvgIpc) is 2.85. The third-order valence-corrected chi connectivity index (χ3v) is 2.89. The summed E-state index contributed by atoms with van der Waals surface area (Å²) in [4.78, 5) is 4.20. The van der Waals surface area contributed by atoms with E-state index in [4.69, 9.17) is 9.47 Å². The molecule has 1 fully saturated rings. The topological polar surface area (TPSA) is 48.3 Å². The van der Waals surface area contributed by atoms with Gasteiger partial charge >= 0.3 is 0 Å². The molecule has 84 valence electrons. The maximum Gasteiger partial charge on any atom is 0.202 e. The number of aryl methyl sites for hydroxylation is 1. The summed E-state index contributed by atoms with van der Waals surface area (Å²) in [7, 11) is 3.69. The van der Waals surface area contributed by atoms with E-state index >= 15 is 0 Å². The highest BCUT2D eigenvalue weighted by Crippen LogP contribution is 2.22. The van der Waals surface area contributed by atoms with Gasteiger partial charge in [-0.1, -0.05) is 0 Å². The van der Waals surface area contributed by atoms with Crippen molar-refractivity contribution in [1.82, 2.24) is 9.55 Å². The van der Waals surface area contributed by atoms with Crippen LogP contribution in [0.1, 0.15) is 6.42 Å². The fourth-order valence-electron chi connectivity index (χ4n) is 1.74. The summed E-state index contributed by atoms with van der Waals surface area (Å²) in [5.74, 6) is 0.860. The second kappa shape index (κ2) is 4.20. The number of rotatable bonds is 4. The van der Waals surface area contributed by atoms with Gasteiger partial charge in [0.15, 0.2) is 0 Å². The summed E-state index contributed by atoms with van der Waals surface area (Å²) >= 11 is 0. The Kier molecular flexibility index (Phi) is 2.93. The molecule has 1 unspecified atom stereocenters. The number of anilines is 1. The average molecular weight is 211 g/mol. The van der Waals surface area contributed by atoms with Crippen LogP contribution in [0.25, 0.3) is 0 Å². The Hall–Kier alpha value is -1.07. The van der Waals surface area contributed by atoms with Crippen LogP contribution in [0.5, 0.6) is 0 Å². The first-order chi connectivity index (χ1) is 7.26. The monoisotopic (exact) mass is 211 g/mol. The Balaban J connectivity index is 1.94. The molecule has 2 rings (SSSR count). The summed E-state index contributed by atoms with van der Waals surface area (Å²) in [5.41, 5.74) is -0.189. The van der Waals surface area contributed by atoms with Crippen molar-refractivity contribution in [1.29, 1.82) is 0 Å². The van der Waals surface area contributed by atoms with Gasteiger partial charge in [0.2, 0.25) is 5.95 Å². The SMILES string of the molecule is COC1(CNc2nccn2C)CCOC1. The molecule has 1 aromatic heterocycles. The number of nitrogens with zero attached hydrogens (tertiary/aromatic N) is 2. The molecule has 0 aliphatic carbocycles. The van der Waals surface area contributed by atoms with Crippen molar-refractivity contribution in [3.63, 3.8) is 0 Å². The van der Waals surface area contributed by atoms with E-state index < -0.39 is 0 Å². The Morgan fingerprint density at radius 1 is 1.73 bits per heavy atom. The third-order valence-electron chi connectivity index (χ3n) is 2.89. The minimum atomic E-state index is -0.189. The highest BCUT2D eigenvalue weighted by Gasteiger charge is 2.34. The number of aromatic nitrogens is 2. The standard InChI is InChI=1S/C10H17N3O2/c1-13-5-4-11-9(13)12-7-10(14-2)3-6-15-8-10/h4-5H,3,6-8H2,1-2H3,(H,11,12). The predicted octanol–water partition coefficient (Wildman–Crippen LogP) is 0.637. The highest BCUT2D eigenvalue weighted by molar-refractivity contribution is 5.26. The maximum absolute atomic E-state index is 5.51. The molecule has 1 aromatic rings. The normalized spacial score (nSPS) is 25.7. The predicted molar refractivity (Wildman–Crippen MR) is 56.9 cm³/mol. The van der Waals surface area contributed by atoms with Crippen molar-refractivity contribution >= 4 is 5.95 Å². The van der Waals surface area contributed by atoms with Gasteiger partial charge in [0.05, 0.1) is 6.61 Å². The van der Waals surface area contributed by atoms with E-state index in [1.54, 1.807) is 13.3 Å².